The summed E-state index contributed by atoms with van der Waals surface area (Å²) in [4.78, 5) is 4.63. The van der Waals surface area contributed by atoms with Crippen LogP contribution < -0.4 is 11.1 Å². The van der Waals surface area contributed by atoms with Gasteiger partial charge in [-0.05, 0) is 25.1 Å². The van der Waals surface area contributed by atoms with E-state index in [4.69, 9.17) is 5.73 Å². The van der Waals surface area contributed by atoms with Gasteiger partial charge in [-0.2, -0.15) is 0 Å². The van der Waals surface area contributed by atoms with Crippen LogP contribution in [-0.2, 0) is 16.4 Å². The molecule has 0 atom stereocenters. The van der Waals surface area contributed by atoms with Crippen LogP contribution in [0.3, 0.4) is 0 Å². The SMILES string of the molecule is CNc1nn2c(C)cc(CN)nc2c1S(=O)(=O)c1ccccc1. The van der Waals surface area contributed by atoms with Crippen LogP contribution in [0.15, 0.2) is 46.2 Å². The molecule has 0 radical (unpaired) electrons. The summed E-state index contributed by atoms with van der Waals surface area (Å²) >= 11 is 0. The fourth-order valence-electron chi connectivity index (χ4n) is 2.44. The Bertz CT molecular complexity index is 964. The van der Waals surface area contributed by atoms with E-state index in [9.17, 15) is 8.42 Å². The number of nitrogens with one attached hydrogen (secondary N) is 1. The minimum absolute atomic E-state index is 0.0598. The molecule has 0 unspecified atom stereocenters. The summed E-state index contributed by atoms with van der Waals surface area (Å²) in [6.45, 7) is 2.06. The van der Waals surface area contributed by atoms with Gasteiger partial charge in [0.2, 0.25) is 9.84 Å². The topological polar surface area (TPSA) is 102 Å². The van der Waals surface area contributed by atoms with Gasteiger partial charge in [-0.25, -0.2) is 17.9 Å². The standard InChI is InChI=1S/C15H17N5O2S/c1-10-8-11(9-16)18-15-13(14(17-2)19-20(10)15)23(21,22)12-6-4-3-5-7-12/h3-8H,9,16H2,1-2H3,(H,17,19). The Labute approximate surface area is 134 Å². The predicted octanol–water partition coefficient (Wildman–Crippen LogP) is 1.37. The molecule has 0 spiro atoms. The van der Waals surface area contributed by atoms with E-state index < -0.39 is 9.84 Å². The maximum atomic E-state index is 13.0. The van der Waals surface area contributed by atoms with E-state index in [2.05, 4.69) is 15.4 Å². The summed E-state index contributed by atoms with van der Waals surface area (Å²) in [6.07, 6.45) is 0. The number of anilines is 1. The molecule has 120 valence electrons. The maximum Gasteiger partial charge on any atom is 0.214 e. The minimum Gasteiger partial charge on any atom is -0.370 e. The first kappa shape index (κ1) is 15.4. The largest absolute Gasteiger partial charge is 0.370 e. The number of aromatic nitrogens is 3. The lowest BCUT2D eigenvalue weighted by Gasteiger charge is -2.06. The van der Waals surface area contributed by atoms with Gasteiger partial charge < -0.3 is 11.1 Å². The van der Waals surface area contributed by atoms with E-state index in [0.717, 1.165) is 5.69 Å². The Morgan fingerprint density at radius 3 is 2.57 bits per heavy atom. The fraction of sp³-hybridized carbons (Fsp3) is 0.200. The molecule has 0 aliphatic heterocycles. The summed E-state index contributed by atoms with van der Waals surface area (Å²) in [7, 11) is -2.13. The number of sulfone groups is 1. The van der Waals surface area contributed by atoms with E-state index >= 15 is 0 Å². The third-order valence-corrected chi connectivity index (χ3v) is 5.35. The highest BCUT2D eigenvalue weighted by Crippen LogP contribution is 2.30. The first-order valence-corrected chi connectivity index (χ1v) is 8.54. The second-order valence-electron chi connectivity index (χ2n) is 5.07. The molecule has 7 nitrogen and oxygen atoms in total. The van der Waals surface area contributed by atoms with Gasteiger partial charge in [0.25, 0.3) is 0 Å². The van der Waals surface area contributed by atoms with Crippen LogP contribution in [0, 0.1) is 6.92 Å². The van der Waals surface area contributed by atoms with Gasteiger partial charge in [0.05, 0.1) is 10.6 Å². The van der Waals surface area contributed by atoms with Crippen LogP contribution in [0.5, 0.6) is 0 Å². The van der Waals surface area contributed by atoms with Crippen LogP contribution in [0.25, 0.3) is 5.65 Å². The van der Waals surface area contributed by atoms with Gasteiger partial charge in [0.1, 0.15) is 0 Å². The molecule has 0 aliphatic rings. The number of rotatable bonds is 4. The summed E-state index contributed by atoms with van der Waals surface area (Å²) in [5.41, 5.74) is 7.32. The van der Waals surface area contributed by atoms with Crippen molar-refractivity contribution in [3.8, 4) is 0 Å². The highest BCUT2D eigenvalue weighted by molar-refractivity contribution is 7.91. The summed E-state index contributed by atoms with van der Waals surface area (Å²) in [5, 5.41) is 7.16. The van der Waals surface area contributed by atoms with Crippen molar-refractivity contribution >= 4 is 21.3 Å². The van der Waals surface area contributed by atoms with Crippen molar-refractivity contribution < 1.29 is 8.42 Å². The third kappa shape index (κ3) is 2.45. The molecule has 2 aromatic heterocycles. The zero-order valence-corrected chi connectivity index (χ0v) is 13.6. The molecule has 0 aliphatic carbocycles. The lowest BCUT2D eigenvalue weighted by molar-refractivity contribution is 0.597. The van der Waals surface area contributed by atoms with Gasteiger partial charge >= 0.3 is 0 Å². The normalized spacial score (nSPS) is 11.8. The lowest BCUT2D eigenvalue weighted by atomic mass is 10.3. The molecule has 1 aromatic carbocycles. The van der Waals surface area contributed by atoms with Crippen LogP contribution in [0.1, 0.15) is 11.4 Å². The molecule has 0 bridgehead atoms. The highest BCUT2D eigenvalue weighted by Gasteiger charge is 2.28. The molecule has 3 rings (SSSR count). The number of nitrogens with zero attached hydrogens (tertiary/aromatic N) is 3. The Morgan fingerprint density at radius 2 is 1.96 bits per heavy atom. The molecule has 0 saturated heterocycles. The molecular formula is C15H17N5O2S. The zero-order valence-electron chi connectivity index (χ0n) is 12.8. The van der Waals surface area contributed by atoms with Crippen molar-refractivity contribution in [2.24, 2.45) is 5.73 Å². The first-order valence-electron chi connectivity index (χ1n) is 7.06. The number of fused-ring (bicyclic) bond motifs is 1. The van der Waals surface area contributed by atoms with Crippen LogP contribution >= 0.6 is 0 Å². The molecule has 0 fully saturated rings. The van der Waals surface area contributed by atoms with E-state index in [1.54, 1.807) is 43.4 Å². The Hall–Kier alpha value is -2.45. The number of benzene rings is 1. The molecule has 0 amide bonds. The monoisotopic (exact) mass is 331 g/mol. The first-order chi connectivity index (χ1) is 11.0. The van der Waals surface area contributed by atoms with Gasteiger partial charge in [-0.3, -0.25) is 0 Å². The van der Waals surface area contributed by atoms with Crippen molar-refractivity contribution in [3.05, 3.63) is 47.8 Å². The summed E-state index contributed by atoms with van der Waals surface area (Å²) < 4.78 is 27.6. The molecule has 3 aromatic rings. The van der Waals surface area contributed by atoms with Crippen LogP contribution in [0.2, 0.25) is 0 Å². The number of hydrogen-bond donors (Lipinski definition) is 2. The quantitative estimate of drug-likeness (QED) is 0.748. The molecule has 23 heavy (non-hydrogen) atoms. The van der Waals surface area contributed by atoms with E-state index in [1.807, 2.05) is 6.92 Å². The van der Waals surface area contributed by atoms with E-state index in [0.29, 0.717) is 5.69 Å². The van der Waals surface area contributed by atoms with Crippen molar-refractivity contribution in [2.45, 2.75) is 23.3 Å². The van der Waals surface area contributed by atoms with E-state index in [-0.39, 0.29) is 27.8 Å². The number of aryl methyl sites for hydroxylation is 1. The smallest absolute Gasteiger partial charge is 0.214 e. The molecule has 2 heterocycles. The van der Waals surface area contributed by atoms with Gasteiger partial charge in [-0.15, -0.1) is 5.10 Å². The molecular weight excluding hydrogens is 314 g/mol. The zero-order chi connectivity index (χ0) is 16.6. The lowest BCUT2D eigenvalue weighted by Crippen LogP contribution is -2.07. The van der Waals surface area contributed by atoms with Crippen LogP contribution in [0.4, 0.5) is 5.82 Å². The van der Waals surface area contributed by atoms with Gasteiger partial charge in [0.15, 0.2) is 16.4 Å². The predicted molar refractivity (Wildman–Crippen MR) is 87.1 cm³/mol. The number of nitrogens with two attached hydrogens (primary N) is 1. The van der Waals surface area contributed by atoms with Crippen molar-refractivity contribution in [1.29, 1.82) is 0 Å². The van der Waals surface area contributed by atoms with Crippen molar-refractivity contribution in [2.75, 3.05) is 12.4 Å². The second kappa shape index (κ2) is 5.64. The average molecular weight is 331 g/mol. The highest BCUT2D eigenvalue weighted by atomic mass is 32.2. The molecule has 3 N–H and O–H groups in total. The Balaban J connectivity index is 2.38. The van der Waals surface area contributed by atoms with Crippen molar-refractivity contribution in [1.82, 2.24) is 14.6 Å². The number of hydrogen-bond acceptors (Lipinski definition) is 6. The van der Waals surface area contributed by atoms with Crippen LogP contribution in [-0.4, -0.2) is 30.1 Å². The third-order valence-electron chi connectivity index (χ3n) is 3.55. The summed E-state index contributed by atoms with van der Waals surface area (Å²) in [6, 6.07) is 10.0. The second-order valence-corrected chi connectivity index (χ2v) is 6.96. The Morgan fingerprint density at radius 1 is 1.26 bits per heavy atom. The van der Waals surface area contributed by atoms with Crippen molar-refractivity contribution in [3.63, 3.8) is 0 Å². The summed E-state index contributed by atoms with van der Waals surface area (Å²) in [5.74, 6) is 0.263. The maximum absolute atomic E-state index is 13.0. The fourth-order valence-corrected chi connectivity index (χ4v) is 3.96. The van der Waals surface area contributed by atoms with E-state index in [1.165, 1.54) is 4.52 Å². The Kier molecular flexibility index (Phi) is 3.78. The average Bonchev–Trinajstić information content (AvgIpc) is 2.95. The van der Waals surface area contributed by atoms with Gasteiger partial charge in [0, 0.05) is 19.3 Å². The minimum atomic E-state index is -3.76. The molecule has 0 saturated carbocycles. The van der Waals surface area contributed by atoms with Gasteiger partial charge in [-0.1, -0.05) is 18.2 Å². The molecule has 8 heteroatoms.